The zero-order valence-electron chi connectivity index (χ0n) is 35.3. The predicted molar refractivity (Wildman–Crippen MR) is 218 cm³/mol. The highest BCUT2D eigenvalue weighted by Gasteiger charge is 2.46. The molecule has 14 heteroatoms. The second kappa shape index (κ2) is 22.6. The minimum Gasteiger partial charge on any atom is -0.392 e. The van der Waals surface area contributed by atoms with Gasteiger partial charge in [0, 0.05) is 35.9 Å². The molecule has 316 valence electrons. The number of hydrogen-bond acceptors (Lipinski definition) is 8. The molecule has 3 unspecified atom stereocenters. The van der Waals surface area contributed by atoms with E-state index in [9.17, 15) is 33.9 Å². The summed E-state index contributed by atoms with van der Waals surface area (Å²) in [4.78, 5) is 80.7. The van der Waals surface area contributed by atoms with E-state index >= 15 is 0 Å². The van der Waals surface area contributed by atoms with Crippen molar-refractivity contribution in [2.45, 2.75) is 144 Å². The summed E-state index contributed by atoms with van der Waals surface area (Å²) in [6.45, 7) is 16.3. The van der Waals surface area contributed by atoms with Gasteiger partial charge in [-0.05, 0) is 75.2 Å². The van der Waals surface area contributed by atoms with E-state index in [1.54, 1.807) is 13.8 Å². The quantitative estimate of drug-likeness (QED) is 0.0871. The summed E-state index contributed by atoms with van der Waals surface area (Å²) in [5.41, 5.74) is 4.76. The Bertz CT molecular complexity index is 1450. The zero-order valence-corrected chi connectivity index (χ0v) is 35.3. The molecule has 56 heavy (non-hydrogen) atoms. The predicted octanol–water partition coefficient (Wildman–Crippen LogP) is 2.47. The maximum absolute atomic E-state index is 13.9. The molecule has 1 aliphatic carbocycles. The molecule has 0 saturated heterocycles. The second-order valence-corrected chi connectivity index (χ2v) is 17.5. The number of rotatable bonds is 22. The summed E-state index contributed by atoms with van der Waals surface area (Å²) in [5.74, 6) is -2.73. The molecule has 1 aliphatic rings. The minimum absolute atomic E-state index is 0.00888. The highest BCUT2D eigenvalue weighted by molar-refractivity contribution is 5.95. The van der Waals surface area contributed by atoms with Crippen molar-refractivity contribution in [3.63, 3.8) is 0 Å². The normalized spacial score (nSPS) is 19.5. The van der Waals surface area contributed by atoms with E-state index in [4.69, 9.17) is 5.73 Å². The fraction of sp³-hybridized carbons (Fsp3) is 0.714. The first-order chi connectivity index (χ1) is 26.1. The zero-order chi connectivity index (χ0) is 42.2. The lowest BCUT2D eigenvalue weighted by Crippen LogP contribution is -2.57. The molecule has 0 aliphatic heterocycles. The van der Waals surface area contributed by atoms with Crippen molar-refractivity contribution in [1.82, 2.24) is 31.9 Å². The number of aliphatic hydroxyl groups excluding tert-OH is 1. The Morgan fingerprint density at radius 2 is 1.36 bits per heavy atom. The van der Waals surface area contributed by atoms with Gasteiger partial charge in [0.05, 0.1) is 19.2 Å². The van der Waals surface area contributed by atoms with Gasteiger partial charge in [-0.15, -0.1) is 0 Å². The fourth-order valence-corrected chi connectivity index (χ4v) is 7.43. The van der Waals surface area contributed by atoms with Gasteiger partial charge < -0.3 is 42.7 Å². The molecule has 1 fully saturated rings. The number of nitrogens with two attached hydrogens (primary N) is 1. The molecule has 9 N–H and O–H groups in total. The Morgan fingerprint density at radius 1 is 0.750 bits per heavy atom. The average molecular weight is 786 g/mol. The summed E-state index contributed by atoms with van der Waals surface area (Å²) in [6, 6.07) is 7.21. The van der Waals surface area contributed by atoms with Crippen LogP contribution in [-0.4, -0.2) is 90.5 Å². The van der Waals surface area contributed by atoms with Crippen LogP contribution in [0.4, 0.5) is 0 Å². The molecule has 0 spiro atoms. The van der Waals surface area contributed by atoms with E-state index < -0.39 is 59.2 Å². The largest absolute Gasteiger partial charge is 0.392 e. The SMILES string of the molecule is CC(C)C[C@H](NC(=O)[C@H](Cc1ccccc1)NC(=O)CNC(=O)C(C)(CC(C)(CC(C)C)C(=O)NCC(C)O)C(C)C)C(=O)NCC(=O)NC1CCC(N)CC1. The lowest BCUT2D eigenvalue weighted by Gasteiger charge is -2.41. The van der Waals surface area contributed by atoms with E-state index in [1.807, 2.05) is 78.8 Å². The maximum Gasteiger partial charge on any atom is 0.243 e. The number of benzene rings is 1. The lowest BCUT2D eigenvalue weighted by molar-refractivity contribution is -0.142. The van der Waals surface area contributed by atoms with Crippen LogP contribution in [0, 0.1) is 28.6 Å². The third kappa shape index (κ3) is 16.2. The fourth-order valence-electron chi connectivity index (χ4n) is 7.43. The van der Waals surface area contributed by atoms with Crippen LogP contribution in [0.15, 0.2) is 30.3 Å². The van der Waals surface area contributed by atoms with Gasteiger partial charge in [-0.1, -0.05) is 85.7 Å². The highest BCUT2D eigenvalue weighted by Crippen LogP contribution is 2.43. The molecule has 0 bridgehead atoms. The van der Waals surface area contributed by atoms with Gasteiger partial charge >= 0.3 is 0 Å². The Hall–Kier alpha value is -4.04. The number of amides is 6. The van der Waals surface area contributed by atoms with Crippen LogP contribution in [0.5, 0.6) is 0 Å². The average Bonchev–Trinajstić information content (AvgIpc) is 3.11. The van der Waals surface area contributed by atoms with Crippen LogP contribution in [0.3, 0.4) is 0 Å². The van der Waals surface area contributed by atoms with Crippen molar-refractivity contribution in [3.8, 4) is 0 Å². The molecular weight excluding hydrogens is 715 g/mol. The molecule has 6 amide bonds. The van der Waals surface area contributed by atoms with Gasteiger partial charge in [-0.2, -0.15) is 0 Å². The van der Waals surface area contributed by atoms with E-state index in [0.717, 1.165) is 31.2 Å². The first kappa shape index (κ1) is 48.1. The van der Waals surface area contributed by atoms with Crippen molar-refractivity contribution in [2.24, 2.45) is 34.3 Å². The number of carbonyl (C=O) groups excluding carboxylic acids is 6. The Morgan fingerprint density at radius 3 is 1.91 bits per heavy atom. The molecule has 5 atom stereocenters. The summed E-state index contributed by atoms with van der Waals surface area (Å²) in [6.07, 6.45) is 3.61. The first-order valence-corrected chi connectivity index (χ1v) is 20.4. The van der Waals surface area contributed by atoms with Crippen LogP contribution in [0.2, 0.25) is 0 Å². The number of aliphatic hydroxyl groups is 1. The summed E-state index contributed by atoms with van der Waals surface area (Å²) in [7, 11) is 0. The molecule has 1 saturated carbocycles. The first-order valence-electron chi connectivity index (χ1n) is 20.4. The van der Waals surface area contributed by atoms with E-state index in [1.165, 1.54) is 0 Å². The molecule has 2 rings (SSSR count). The van der Waals surface area contributed by atoms with Crippen molar-refractivity contribution < 1.29 is 33.9 Å². The van der Waals surface area contributed by atoms with Crippen molar-refractivity contribution in [3.05, 3.63) is 35.9 Å². The number of nitrogens with one attached hydrogen (secondary N) is 6. The second-order valence-electron chi connectivity index (χ2n) is 17.5. The summed E-state index contributed by atoms with van der Waals surface area (Å²) in [5, 5.41) is 26.5. The van der Waals surface area contributed by atoms with E-state index in [0.29, 0.717) is 12.8 Å². The van der Waals surface area contributed by atoms with Gasteiger partial charge in [-0.25, -0.2) is 0 Å². The minimum atomic E-state index is -1.09. The van der Waals surface area contributed by atoms with Crippen molar-refractivity contribution in [1.29, 1.82) is 0 Å². The lowest BCUT2D eigenvalue weighted by atomic mass is 9.64. The van der Waals surface area contributed by atoms with Gasteiger partial charge in [0.25, 0.3) is 0 Å². The van der Waals surface area contributed by atoms with Gasteiger partial charge in [0.1, 0.15) is 12.1 Å². The third-order valence-corrected chi connectivity index (χ3v) is 10.8. The smallest absolute Gasteiger partial charge is 0.243 e. The van der Waals surface area contributed by atoms with Gasteiger partial charge in [0.15, 0.2) is 0 Å². The van der Waals surface area contributed by atoms with E-state index in [-0.39, 0.29) is 67.6 Å². The summed E-state index contributed by atoms with van der Waals surface area (Å²) >= 11 is 0. The van der Waals surface area contributed by atoms with Crippen molar-refractivity contribution >= 4 is 35.4 Å². The standard InChI is InChI=1S/C42H71N7O7/c1-26(2)19-33(37(53)44-23-35(51)47-32-17-15-31(43)16-18-32)49-38(54)34(20-30-13-11-10-12-14-30)48-36(52)24-46-40(56)42(9,28(5)6)25-41(8,21-27(3)4)39(55)45-22-29(7)50/h10-14,26-29,31-34,50H,15-25,43H2,1-9H3,(H,44,53)(H,45,55)(H,46,56)(H,47,51)(H,48,52)(H,49,54)/t29?,31?,32?,33-,34-,41?,42?/m0/s1. The van der Waals surface area contributed by atoms with Crippen LogP contribution in [0.25, 0.3) is 0 Å². The number of carbonyl (C=O) groups is 6. The van der Waals surface area contributed by atoms with Crippen LogP contribution in [0.1, 0.15) is 113 Å². The number of hydrogen-bond donors (Lipinski definition) is 8. The molecule has 14 nitrogen and oxygen atoms in total. The van der Waals surface area contributed by atoms with Crippen LogP contribution < -0.4 is 37.6 Å². The van der Waals surface area contributed by atoms with Crippen LogP contribution >= 0.6 is 0 Å². The molecule has 1 aromatic rings. The Kier molecular flexibility index (Phi) is 19.4. The van der Waals surface area contributed by atoms with Crippen LogP contribution in [-0.2, 0) is 35.2 Å². The molecule has 0 aromatic heterocycles. The Balaban J connectivity index is 2.18. The van der Waals surface area contributed by atoms with E-state index in [2.05, 4.69) is 31.9 Å². The van der Waals surface area contributed by atoms with Crippen molar-refractivity contribution in [2.75, 3.05) is 19.6 Å². The Labute approximate surface area is 334 Å². The maximum atomic E-state index is 13.9. The van der Waals surface area contributed by atoms with Gasteiger partial charge in [-0.3, -0.25) is 28.8 Å². The molecule has 0 radical (unpaired) electrons. The molecule has 0 heterocycles. The topological polar surface area (TPSA) is 221 Å². The molecule has 1 aromatic carbocycles. The third-order valence-electron chi connectivity index (χ3n) is 10.8. The highest BCUT2D eigenvalue weighted by atomic mass is 16.3. The van der Waals surface area contributed by atoms with Gasteiger partial charge in [0.2, 0.25) is 35.4 Å². The molecular formula is C42H71N7O7. The monoisotopic (exact) mass is 786 g/mol. The summed E-state index contributed by atoms with van der Waals surface area (Å²) < 4.78 is 0.